The van der Waals surface area contributed by atoms with E-state index in [9.17, 15) is 18.3 Å². The van der Waals surface area contributed by atoms with E-state index in [-0.39, 0.29) is 6.42 Å². The molecule has 1 N–H and O–H groups in total. The summed E-state index contributed by atoms with van der Waals surface area (Å²) in [5.41, 5.74) is -0.589. The summed E-state index contributed by atoms with van der Waals surface area (Å²) >= 11 is 0. The van der Waals surface area contributed by atoms with Gasteiger partial charge in [0, 0.05) is 11.5 Å². The van der Waals surface area contributed by atoms with Crippen LogP contribution in [0.1, 0.15) is 32.6 Å². The highest BCUT2D eigenvalue weighted by Crippen LogP contribution is 2.44. The number of fused-ring (bicyclic) bond motifs is 1. The number of halogens is 3. The first kappa shape index (κ1) is 11.7. The summed E-state index contributed by atoms with van der Waals surface area (Å²) in [6.07, 6.45) is 0.764. The highest BCUT2D eigenvalue weighted by atomic mass is 19.4. The fourth-order valence-electron chi connectivity index (χ4n) is 2.60. The molecule has 0 aromatic rings. The Kier molecular flexibility index (Phi) is 2.65. The summed E-state index contributed by atoms with van der Waals surface area (Å²) in [6.45, 7) is 1.63. The van der Waals surface area contributed by atoms with Crippen LogP contribution in [0.4, 0.5) is 13.2 Å². The number of rotatable bonds is 0. The number of aliphatic hydroxyl groups is 1. The molecule has 0 aromatic carbocycles. The second-order valence-electron chi connectivity index (χ2n) is 4.86. The Balaban J connectivity index is 2.30. The van der Waals surface area contributed by atoms with Crippen molar-refractivity contribution in [2.24, 2.45) is 5.92 Å². The molecule has 2 atom stereocenters. The van der Waals surface area contributed by atoms with Gasteiger partial charge >= 0.3 is 6.18 Å². The third-order valence-electron chi connectivity index (χ3n) is 3.53. The molecule has 0 unspecified atom stereocenters. The predicted molar refractivity (Wildman–Crippen MR) is 54.8 cm³/mol. The first-order chi connectivity index (χ1) is 7.31. The van der Waals surface area contributed by atoms with Gasteiger partial charge in [-0.25, -0.2) is 0 Å². The Morgan fingerprint density at radius 1 is 1.44 bits per heavy atom. The molecule has 0 aliphatic heterocycles. The van der Waals surface area contributed by atoms with Crippen LogP contribution in [0.25, 0.3) is 0 Å². The van der Waals surface area contributed by atoms with E-state index >= 15 is 0 Å². The molecule has 2 aliphatic rings. The van der Waals surface area contributed by atoms with Gasteiger partial charge in [0.2, 0.25) is 0 Å². The predicted octanol–water partition coefficient (Wildman–Crippen LogP) is 3.36. The van der Waals surface area contributed by atoms with Crippen molar-refractivity contribution in [3.63, 3.8) is 0 Å². The zero-order valence-electron chi connectivity index (χ0n) is 9.14. The van der Waals surface area contributed by atoms with Gasteiger partial charge in [-0.2, -0.15) is 13.2 Å². The van der Waals surface area contributed by atoms with Crippen LogP contribution in [0.2, 0.25) is 0 Å². The smallest absolute Gasteiger partial charge is 0.389 e. The summed E-state index contributed by atoms with van der Waals surface area (Å²) in [5.74, 6) is -0.452. The Hall–Kier alpha value is -0.770. The Bertz CT molecular complexity index is 350. The molecular formula is C12H15F3O. The maximum absolute atomic E-state index is 12.6. The van der Waals surface area contributed by atoms with Crippen molar-refractivity contribution in [2.45, 2.75) is 44.4 Å². The zero-order chi connectivity index (χ0) is 12.0. The standard InChI is InChI=1S/C12H15F3O/c1-11(16)6-2-3-8-4-5-9(7-10(8)11)12(13,14)15/h4,7,10,16H,2-3,5-6H2,1H3/t10-,11-/m0/s1. The van der Waals surface area contributed by atoms with Gasteiger partial charge in [0.15, 0.2) is 0 Å². The molecule has 2 aliphatic carbocycles. The molecular weight excluding hydrogens is 217 g/mol. The van der Waals surface area contributed by atoms with Gasteiger partial charge in [0.25, 0.3) is 0 Å². The number of alkyl halides is 3. The van der Waals surface area contributed by atoms with Gasteiger partial charge in [0.05, 0.1) is 5.60 Å². The van der Waals surface area contributed by atoms with Crippen LogP contribution >= 0.6 is 0 Å². The molecule has 16 heavy (non-hydrogen) atoms. The van der Waals surface area contributed by atoms with E-state index in [1.807, 2.05) is 0 Å². The molecule has 0 bridgehead atoms. The van der Waals surface area contributed by atoms with E-state index in [4.69, 9.17) is 0 Å². The monoisotopic (exact) mass is 232 g/mol. The summed E-state index contributed by atoms with van der Waals surface area (Å²) in [6, 6.07) is 0. The quantitative estimate of drug-likeness (QED) is 0.635. The lowest BCUT2D eigenvalue weighted by molar-refractivity contribution is -0.0947. The number of hydrogen-bond acceptors (Lipinski definition) is 1. The first-order valence-electron chi connectivity index (χ1n) is 5.50. The molecule has 0 amide bonds. The van der Waals surface area contributed by atoms with Crippen molar-refractivity contribution in [1.29, 1.82) is 0 Å². The maximum Gasteiger partial charge on any atom is 0.412 e. The largest absolute Gasteiger partial charge is 0.412 e. The van der Waals surface area contributed by atoms with Gasteiger partial charge in [-0.15, -0.1) is 0 Å². The maximum atomic E-state index is 12.6. The average molecular weight is 232 g/mol. The first-order valence-corrected chi connectivity index (χ1v) is 5.50. The Morgan fingerprint density at radius 3 is 2.75 bits per heavy atom. The summed E-state index contributed by atoms with van der Waals surface area (Å²) < 4.78 is 37.7. The third-order valence-corrected chi connectivity index (χ3v) is 3.53. The van der Waals surface area contributed by atoms with Gasteiger partial charge in [-0.3, -0.25) is 0 Å². The van der Waals surface area contributed by atoms with Gasteiger partial charge in [0.1, 0.15) is 0 Å². The second-order valence-corrected chi connectivity index (χ2v) is 4.86. The van der Waals surface area contributed by atoms with Gasteiger partial charge in [-0.1, -0.05) is 17.7 Å². The van der Waals surface area contributed by atoms with Crippen molar-refractivity contribution in [3.8, 4) is 0 Å². The molecule has 0 aromatic heterocycles. The van der Waals surface area contributed by atoms with E-state index in [2.05, 4.69) is 0 Å². The van der Waals surface area contributed by atoms with Crippen LogP contribution in [-0.4, -0.2) is 16.9 Å². The minimum Gasteiger partial charge on any atom is -0.389 e. The Labute approximate surface area is 92.7 Å². The number of allylic oxidation sites excluding steroid dienone is 2. The van der Waals surface area contributed by atoms with Crippen molar-refractivity contribution < 1.29 is 18.3 Å². The Morgan fingerprint density at radius 2 is 2.12 bits per heavy atom. The molecule has 4 heteroatoms. The summed E-state index contributed by atoms with van der Waals surface area (Å²) in [7, 11) is 0. The SMILES string of the molecule is C[C@]1(O)CCCC2=CCC(C(F)(F)F)=C[C@@H]21. The highest BCUT2D eigenvalue weighted by Gasteiger charge is 2.42. The van der Waals surface area contributed by atoms with Crippen molar-refractivity contribution in [2.75, 3.05) is 0 Å². The lowest BCUT2D eigenvalue weighted by Crippen LogP contribution is -2.39. The molecule has 1 nitrogen and oxygen atoms in total. The minimum absolute atomic E-state index is 0.0502. The molecule has 0 heterocycles. The fraction of sp³-hybridized carbons (Fsp3) is 0.667. The molecule has 2 rings (SSSR count). The van der Waals surface area contributed by atoms with E-state index < -0.39 is 23.3 Å². The highest BCUT2D eigenvalue weighted by molar-refractivity contribution is 5.32. The van der Waals surface area contributed by atoms with E-state index in [0.29, 0.717) is 6.42 Å². The van der Waals surface area contributed by atoms with Crippen LogP contribution in [0.15, 0.2) is 23.3 Å². The van der Waals surface area contributed by atoms with E-state index in [1.165, 1.54) is 6.08 Å². The summed E-state index contributed by atoms with van der Waals surface area (Å²) in [5, 5.41) is 10.1. The van der Waals surface area contributed by atoms with Crippen molar-refractivity contribution >= 4 is 0 Å². The molecule has 1 fully saturated rings. The van der Waals surface area contributed by atoms with Crippen LogP contribution in [0.5, 0.6) is 0 Å². The molecule has 1 saturated carbocycles. The fourth-order valence-corrected chi connectivity index (χ4v) is 2.60. The zero-order valence-corrected chi connectivity index (χ0v) is 9.14. The normalized spacial score (nSPS) is 35.2. The van der Waals surface area contributed by atoms with Crippen LogP contribution < -0.4 is 0 Å². The van der Waals surface area contributed by atoms with Gasteiger partial charge < -0.3 is 5.11 Å². The third kappa shape index (κ3) is 2.03. The van der Waals surface area contributed by atoms with E-state index in [1.54, 1.807) is 13.0 Å². The van der Waals surface area contributed by atoms with Crippen LogP contribution in [-0.2, 0) is 0 Å². The number of hydrogen-bond donors (Lipinski definition) is 1. The lowest BCUT2D eigenvalue weighted by Gasteiger charge is -2.39. The van der Waals surface area contributed by atoms with Crippen molar-refractivity contribution in [1.82, 2.24) is 0 Å². The molecule has 0 radical (unpaired) electrons. The van der Waals surface area contributed by atoms with Crippen LogP contribution in [0, 0.1) is 5.92 Å². The lowest BCUT2D eigenvalue weighted by atomic mass is 9.70. The molecule has 0 spiro atoms. The second kappa shape index (κ2) is 3.62. The average Bonchev–Trinajstić information content (AvgIpc) is 2.15. The topological polar surface area (TPSA) is 20.2 Å². The minimum atomic E-state index is -4.27. The molecule has 90 valence electrons. The van der Waals surface area contributed by atoms with Crippen molar-refractivity contribution in [3.05, 3.63) is 23.3 Å². The summed E-state index contributed by atoms with van der Waals surface area (Å²) in [4.78, 5) is 0. The van der Waals surface area contributed by atoms with Crippen LogP contribution in [0.3, 0.4) is 0 Å². The van der Waals surface area contributed by atoms with E-state index in [0.717, 1.165) is 18.4 Å². The molecule has 0 saturated heterocycles. The van der Waals surface area contributed by atoms with Gasteiger partial charge in [-0.05, 0) is 32.6 Å².